The zero-order valence-electron chi connectivity index (χ0n) is 18.6. The standard InChI is InChI=1S/C24H28N2O4SSi/c1-4-32(5-2,6-3)30-22-21(19-14-10-16-29-19)26(23(22)27)24(28)25(20-15-11-17-31-20)18-12-8-7-9-13-18/h7-17,21-22H,4-6H2,1-3H3/t21-,22+/m1/s1. The van der Waals surface area contributed by atoms with Gasteiger partial charge in [0.2, 0.25) is 0 Å². The molecule has 3 amide bonds. The van der Waals surface area contributed by atoms with Gasteiger partial charge in [0.25, 0.3) is 5.91 Å². The van der Waals surface area contributed by atoms with Crippen LogP contribution in [0.2, 0.25) is 18.1 Å². The Kier molecular flexibility index (Phi) is 6.64. The first-order chi connectivity index (χ1) is 15.5. The van der Waals surface area contributed by atoms with Crippen molar-refractivity contribution in [3.05, 3.63) is 72.0 Å². The maximum atomic E-state index is 13.8. The highest BCUT2D eigenvalue weighted by Gasteiger charge is 2.57. The van der Waals surface area contributed by atoms with Gasteiger partial charge in [0, 0.05) is 0 Å². The smallest absolute Gasteiger partial charge is 0.337 e. The maximum absolute atomic E-state index is 13.8. The number of urea groups is 1. The Balaban J connectivity index is 1.70. The molecule has 0 spiro atoms. The fourth-order valence-corrected chi connectivity index (χ4v) is 7.72. The Morgan fingerprint density at radius 1 is 1.06 bits per heavy atom. The van der Waals surface area contributed by atoms with Gasteiger partial charge in [-0.15, -0.1) is 11.3 Å². The number of nitrogens with zero attached hydrogens (tertiary/aromatic N) is 2. The number of rotatable bonds is 8. The van der Waals surface area contributed by atoms with E-state index < -0.39 is 26.5 Å². The van der Waals surface area contributed by atoms with E-state index in [9.17, 15) is 9.59 Å². The monoisotopic (exact) mass is 468 g/mol. The van der Waals surface area contributed by atoms with Crippen molar-refractivity contribution in [1.82, 2.24) is 4.90 Å². The lowest BCUT2D eigenvalue weighted by molar-refractivity contribution is -0.159. The molecule has 1 aromatic carbocycles. The van der Waals surface area contributed by atoms with Gasteiger partial charge < -0.3 is 8.84 Å². The summed E-state index contributed by atoms with van der Waals surface area (Å²) in [5.41, 5.74) is 0.703. The molecule has 6 nitrogen and oxygen atoms in total. The predicted octanol–water partition coefficient (Wildman–Crippen LogP) is 6.57. The number of imide groups is 1. The highest BCUT2D eigenvalue weighted by atomic mass is 32.1. The number of benzene rings is 1. The third kappa shape index (κ3) is 3.94. The number of likely N-dealkylation sites (tertiary alicyclic amines) is 1. The first kappa shape index (κ1) is 22.5. The van der Waals surface area contributed by atoms with E-state index in [1.54, 1.807) is 23.3 Å². The summed E-state index contributed by atoms with van der Waals surface area (Å²) < 4.78 is 12.2. The predicted molar refractivity (Wildman–Crippen MR) is 129 cm³/mol. The van der Waals surface area contributed by atoms with E-state index in [1.165, 1.54) is 16.2 Å². The summed E-state index contributed by atoms with van der Waals surface area (Å²) in [5.74, 6) is 0.259. The topological polar surface area (TPSA) is 63.0 Å². The zero-order valence-corrected chi connectivity index (χ0v) is 20.4. The first-order valence-corrected chi connectivity index (χ1v) is 14.4. The maximum Gasteiger partial charge on any atom is 0.337 e. The molecule has 3 aromatic rings. The third-order valence-electron chi connectivity index (χ3n) is 6.33. The molecule has 2 atom stereocenters. The van der Waals surface area contributed by atoms with Crippen LogP contribution in [0.1, 0.15) is 32.6 Å². The highest BCUT2D eigenvalue weighted by Crippen LogP contribution is 2.43. The molecule has 0 aliphatic carbocycles. The summed E-state index contributed by atoms with van der Waals surface area (Å²) >= 11 is 1.45. The van der Waals surface area contributed by atoms with Gasteiger partial charge in [-0.25, -0.2) is 9.69 Å². The molecule has 32 heavy (non-hydrogen) atoms. The molecule has 1 fully saturated rings. The first-order valence-electron chi connectivity index (χ1n) is 11.0. The molecule has 1 aliphatic rings. The molecule has 0 saturated carbocycles. The Labute approximate surface area is 193 Å². The molecule has 0 unspecified atom stereocenters. The average Bonchev–Trinajstić information content (AvgIpc) is 3.54. The number of hydrogen-bond acceptors (Lipinski definition) is 5. The number of amides is 3. The molecule has 168 valence electrons. The van der Waals surface area contributed by atoms with Crippen molar-refractivity contribution in [3.8, 4) is 0 Å². The number of hydrogen-bond donors (Lipinski definition) is 0. The van der Waals surface area contributed by atoms with Crippen molar-refractivity contribution in [2.75, 3.05) is 4.90 Å². The number of β-lactam (4-membered cyclic amide) rings is 1. The van der Waals surface area contributed by atoms with Gasteiger partial charge in [-0.1, -0.05) is 39.0 Å². The summed E-state index contributed by atoms with van der Waals surface area (Å²) in [4.78, 5) is 30.1. The SMILES string of the molecule is CC[Si](CC)(CC)O[C@@H]1C(=O)N(C(=O)N(c2ccccc2)c2cccs2)[C@@H]1c1ccco1. The molecule has 1 saturated heterocycles. The van der Waals surface area contributed by atoms with E-state index in [0.717, 1.165) is 23.1 Å². The van der Waals surface area contributed by atoms with Crippen LogP contribution in [-0.2, 0) is 9.22 Å². The molecule has 8 heteroatoms. The van der Waals surface area contributed by atoms with Gasteiger partial charge in [0.1, 0.15) is 16.8 Å². The molecule has 1 aliphatic heterocycles. The molecule has 2 aromatic heterocycles. The van der Waals surface area contributed by atoms with E-state index in [-0.39, 0.29) is 5.91 Å². The van der Waals surface area contributed by atoms with E-state index >= 15 is 0 Å². The lowest BCUT2D eigenvalue weighted by atomic mass is 9.96. The van der Waals surface area contributed by atoms with Crippen molar-refractivity contribution >= 4 is 42.3 Å². The summed E-state index contributed by atoms with van der Waals surface area (Å²) in [6, 6.07) is 18.5. The number of para-hydroxylation sites is 1. The Morgan fingerprint density at radius 3 is 2.34 bits per heavy atom. The van der Waals surface area contributed by atoms with Gasteiger partial charge in [0.15, 0.2) is 14.4 Å². The van der Waals surface area contributed by atoms with Crippen LogP contribution in [0.5, 0.6) is 0 Å². The van der Waals surface area contributed by atoms with E-state index in [1.807, 2.05) is 47.8 Å². The van der Waals surface area contributed by atoms with Crippen LogP contribution in [0.25, 0.3) is 0 Å². The quantitative estimate of drug-likeness (QED) is 0.277. The van der Waals surface area contributed by atoms with Gasteiger partial charge in [-0.3, -0.25) is 9.69 Å². The summed E-state index contributed by atoms with van der Waals surface area (Å²) in [7, 11) is -2.07. The molecule has 0 bridgehead atoms. The van der Waals surface area contributed by atoms with Crippen molar-refractivity contribution in [3.63, 3.8) is 0 Å². The normalized spacial score (nSPS) is 18.5. The largest absolute Gasteiger partial charge is 0.467 e. The lowest BCUT2D eigenvalue weighted by Gasteiger charge is -2.48. The molecular formula is C24H28N2O4SSi. The van der Waals surface area contributed by atoms with Gasteiger partial charge in [-0.05, 0) is 59.9 Å². The van der Waals surface area contributed by atoms with Crippen molar-refractivity contribution in [2.45, 2.75) is 51.0 Å². The Hall–Kier alpha value is -2.68. The Morgan fingerprint density at radius 2 is 1.78 bits per heavy atom. The fourth-order valence-electron chi connectivity index (χ4n) is 4.21. The van der Waals surface area contributed by atoms with Crippen LogP contribution in [0.4, 0.5) is 15.5 Å². The van der Waals surface area contributed by atoms with E-state index in [4.69, 9.17) is 8.84 Å². The molecule has 0 N–H and O–H groups in total. The minimum atomic E-state index is -2.07. The van der Waals surface area contributed by atoms with Crippen LogP contribution in [0, 0.1) is 0 Å². The molecular weight excluding hydrogens is 440 g/mol. The second-order valence-corrected chi connectivity index (χ2v) is 13.5. The lowest BCUT2D eigenvalue weighted by Crippen LogP contribution is -2.66. The second-order valence-electron chi connectivity index (χ2n) is 7.86. The number of thiophene rings is 1. The second kappa shape index (κ2) is 9.44. The molecule has 0 radical (unpaired) electrons. The minimum Gasteiger partial charge on any atom is -0.467 e. The highest BCUT2D eigenvalue weighted by molar-refractivity contribution is 7.14. The van der Waals surface area contributed by atoms with Crippen LogP contribution in [0.3, 0.4) is 0 Å². The number of carbonyl (C=O) groups excluding carboxylic acids is 2. The van der Waals surface area contributed by atoms with E-state index in [0.29, 0.717) is 11.4 Å². The van der Waals surface area contributed by atoms with Crippen molar-refractivity contribution in [1.29, 1.82) is 0 Å². The number of furan rings is 1. The summed E-state index contributed by atoms with van der Waals surface area (Å²) in [6.07, 6.45) is 0.869. The summed E-state index contributed by atoms with van der Waals surface area (Å²) in [5, 5.41) is 2.66. The average molecular weight is 469 g/mol. The fraction of sp³-hybridized carbons (Fsp3) is 0.333. The van der Waals surface area contributed by atoms with Crippen LogP contribution in [-0.4, -0.2) is 31.3 Å². The summed E-state index contributed by atoms with van der Waals surface area (Å²) in [6.45, 7) is 6.38. The number of anilines is 2. The van der Waals surface area contributed by atoms with Crippen molar-refractivity contribution in [2.24, 2.45) is 0 Å². The van der Waals surface area contributed by atoms with Gasteiger partial charge in [-0.2, -0.15) is 0 Å². The Bertz CT molecular complexity index is 1030. The van der Waals surface area contributed by atoms with Gasteiger partial charge >= 0.3 is 6.03 Å². The third-order valence-corrected chi connectivity index (χ3v) is 11.8. The van der Waals surface area contributed by atoms with Crippen LogP contribution in [0.15, 0.2) is 70.7 Å². The molecule has 4 rings (SSSR count). The minimum absolute atomic E-state index is 0.305. The van der Waals surface area contributed by atoms with Crippen LogP contribution < -0.4 is 4.90 Å². The van der Waals surface area contributed by atoms with Gasteiger partial charge in [0.05, 0.1) is 12.0 Å². The van der Waals surface area contributed by atoms with Crippen molar-refractivity contribution < 1.29 is 18.4 Å². The number of carbonyl (C=O) groups is 2. The van der Waals surface area contributed by atoms with E-state index in [2.05, 4.69) is 20.8 Å². The zero-order chi connectivity index (χ0) is 22.7. The molecule has 3 heterocycles. The van der Waals surface area contributed by atoms with Crippen LogP contribution >= 0.6 is 11.3 Å².